The average Bonchev–Trinajstić information content (AvgIpc) is 4.10. The van der Waals surface area contributed by atoms with Gasteiger partial charge in [-0.1, -0.05) is 74.8 Å². The Kier molecular flexibility index (Phi) is 15.3. The number of nitrogens with zero attached hydrogens (tertiary/aromatic N) is 7. The average molecular weight is 1010 g/mol. The molecule has 0 spiro atoms. The molecule has 366 valence electrons. The van der Waals surface area contributed by atoms with Crippen LogP contribution in [0.2, 0.25) is 5.02 Å². The molecule has 4 atom stereocenters. The Morgan fingerprint density at radius 3 is 2.33 bits per heavy atom. The Morgan fingerprint density at radius 1 is 0.914 bits per heavy atom. The molecule has 4 amide bonds. The first-order chi connectivity index (χ1) is 33.4. The lowest BCUT2D eigenvalue weighted by Crippen LogP contribution is -2.57. The van der Waals surface area contributed by atoms with Gasteiger partial charge in [-0.05, 0) is 73.9 Å². The Balaban J connectivity index is 0.809. The number of ether oxygens (including phenoxy) is 1. The van der Waals surface area contributed by atoms with Gasteiger partial charge in [0.15, 0.2) is 5.82 Å². The number of carbonyl (C=O) groups is 4. The number of β-amino-alcohol motifs (C(OH)–C–C–N with tert-alkyl or cyclic N) is 1. The Bertz CT molecular complexity index is 2910. The van der Waals surface area contributed by atoms with Crippen LogP contribution in [0, 0.1) is 33.1 Å². The van der Waals surface area contributed by atoms with Gasteiger partial charge in [0.05, 0.1) is 40.9 Å². The highest BCUT2D eigenvalue weighted by molar-refractivity contribution is 7.15. The second kappa shape index (κ2) is 21.3. The van der Waals surface area contributed by atoms with Gasteiger partial charge in [0.2, 0.25) is 29.5 Å². The number of amides is 4. The zero-order valence-corrected chi connectivity index (χ0v) is 42.6. The minimum atomic E-state index is -0.948. The molecular formula is C51H57ClN10O6S2. The first kappa shape index (κ1) is 50.1. The summed E-state index contributed by atoms with van der Waals surface area (Å²) in [6, 6.07) is 16.5. The quantitative estimate of drug-likeness (QED) is 0.0734. The number of nitrogens with one attached hydrogen (secondary N) is 3. The maximum absolute atomic E-state index is 14.1. The zero-order chi connectivity index (χ0) is 49.9. The highest BCUT2D eigenvalue weighted by Crippen LogP contribution is 2.40. The third-order valence-corrected chi connectivity index (χ3v) is 15.0. The van der Waals surface area contributed by atoms with Crippen molar-refractivity contribution >= 4 is 63.6 Å². The number of aromatic nitrogens is 5. The van der Waals surface area contributed by atoms with E-state index in [1.807, 2.05) is 99.3 Å². The van der Waals surface area contributed by atoms with Gasteiger partial charge < -0.3 is 30.7 Å². The SMILES string of the molecule is Cc1ncsc1-c1ccc(CNC(=O)[C@@H]2C[C@@H](O)CN2C(=O)C(NC(=O)CCc2ccc(OCCNC(=O)C[C@@H]3N=C(c4ccc(Cl)cc4)c4c(sc(C)c4C)-n4c(C)nnc43)nc2)C(C)(C)C)cc1. The van der Waals surface area contributed by atoms with Crippen molar-refractivity contribution in [1.82, 2.24) is 45.6 Å². The van der Waals surface area contributed by atoms with Crippen LogP contribution in [0.5, 0.6) is 5.88 Å². The van der Waals surface area contributed by atoms with Gasteiger partial charge in [0.25, 0.3) is 0 Å². The molecule has 1 saturated heterocycles. The Morgan fingerprint density at radius 2 is 1.64 bits per heavy atom. The largest absolute Gasteiger partial charge is 0.476 e. The van der Waals surface area contributed by atoms with Crippen molar-refractivity contribution in [3.8, 4) is 21.3 Å². The van der Waals surface area contributed by atoms with E-state index >= 15 is 0 Å². The summed E-state index contributed by atoms with van der Waals surface area (Å²) in [5, 5.41) is 29.9. The molecule has 4 aromatic heterocycles. The molecule has 8 rings (SSSR count). The summed E-state index contributed by atoms with van der Waals surface area (Å²) in [6.45, 7) is 14.2. The normalized spacial score (nSPS) is 17.0. The number of aliphatic imine (C=N–C) groups is 1. The first-order valence-corrected chi connectivity index (χ1v) is 25.3. The van der Waals surface area contributed by atoms with Crippen LogP contribution >= 0.6 is 34.3 Å². The number of rotatable bonds is 16. The topological polar surface area (TPSA) is 206 Å². The number of aryl methyl sites for hydroxylation is 4. The third-order valence-electron chi connectivity index (χ3n) is 12.6. The van der Waals surface area contributed by atoms with Crippen LogP contribution in [-0.4, -0.2) is 102 Å². The van der Waals surface area contributed by atoms with Gasteiger partial charge in [-0.15, -0.1) is 32.9 Å². The lowest BCUT2D eigenvalue weighted by molar-refractivity contribution is -0.144. The molecule has 0 radical (unpaired) electrons. The predicted octanol–water partition coefficient (Wildman–Crippen LogP) is 6.95. The van der Waals surface area contributed by atoms with Crippen molar-refractivity contribution in [3.63, 3.8) is 0 Å². The number of carbonyl (C=O) groups excluding carboxylic acids is 4. The highest BCUT2D eigenvalue weighted by atomic mass is 35.5. The van der Waals surface area contributed by atoms with Gasteiger partial charge in [-0.25, -0.2) is 9.97 Å². The number of pyridine rings is 1. The van der Waals surface area contributed by atoms with Crippen molar-refractivity contribution in [2.24, 2.45) is 10.4 Å². The van der Waals surface area contributed by atoms with Gasteiger partial charge in [-0.2, -0.15) is 0 Å². The van der Waals surface area contributed by atoms with E-state index in [0.717, 1.165) is 59.5 Å². The number of thiophene rings is 1. The smallest absolute Gasteiger partial charge is 0.246 e. The number of thiazole rings is 1. The van der Waals surface area contributed by atoms with E-state index in [-0.39, 0.29) is 63.2 Å². The molecular weight excluding hydrogens is 948 g/mol. The number of hydrogen-bond donors (Lipinski definition) is 4. The number of likely N-dealkylation sites (tertiary alicyclic amines) is 1. The number of aliphatic hydroxyl groups excluding tert-OH is 1. The highest BCUT2D eigenvalue weighted by Gasteiger charge is 2.44. The van der Waals surface area contributed by atoms with E-state index < -0.39 is 35.6 Å². The second-order valence-corrected chi connectivity index (χ2v) is 21.3. The summed E-state index contributed by atoms with van der Waals surface area (Å²) < 4.78 is 7.85. The minimum absolute atomic E-state index is 0.0160. The predicted molar refractivity (Wildman–Crippen MR) is 271 cm³/mol. The van der Waals surface area contributed by atoms with E-state index in [9.17, 15) is 24.3 Å². The third kappa shape index (κ3) is 11.3. The van der Waals surface area contributed by atoms with E-state index in [4.69, 9.17) is 21.3 Å². The molecule has 6 heterocycles. The number of fused-ring (bicyclic) bond motifs is 3. The molecule has 4 N–H and O–H groups in total. The van der Waals surface area contributed by atoms with Gasteiger partial charge in [0.1, 0.15) is 35.6 Å². The summed E-state index contributed by atoms with van der Waals surface area (Å²) in [5.74, 6) is 0.295. The minimum Gasteiger partial charge on any atom is -0.476 e. The summed E-state index contributed by atoms with van der Waals surface area (Å²) in [5.41, 5.74) is 8.55. The monoisotopic (exact) mass is 1000 g/mol. The molecule has 1 fully saturated rings. The number of hydrogen-bond acceptors (Lipinski definition) is 13. The lowest BCUT2D eigenvalue weighted by atomic mass is 9.85. The molecule has 2 aliphatic heterocycles. The maximum Gasteiger partial charge on any atom is 0.246 e. The molecule has 0 aliphatic carbocycles. The molecule has 2 aliphatic rings. The van der Waals surface area contributed by atoms with Crippen molar-refractivity contribution in [3.05, 3.63) is 127 Å². The van der Waals surface area contributed by atoms with Gasteiger partial charge in [-0.3, -0.25) is 28.7 Å². The lowest BCUT2D eigenvalue weighted by Gasteiger charge is -2.35. The molecule has 16 nitrogen and oxygen atoms in total. The van der Waals surface area contributed by atoms with Crippen molar-refractivity contribution in [2.75, 3.05) is 19.7 Å². The van der Waals surface area contributed by atoms with Crippen molar-refractivity contribution in [1.29, 1.82) is 0 Å². The first-order valence-electron chi connectivity index (χ1n) is 23.2. The van der Waals surface area contributed by atoms with E-state index in [1.165, 1.54) is 4.90 Å². The molecule has 19 heteroatoms. The van der Waals surface area contributed by atoms with Gasteiger partial charge in [0, 0.05) is 59.2 Å². The van der Waals surface area contributed by atoms with E-state index in [1.54, 1.807) is 34.9 Å². The Labute approximate surface area is 420 Å². The summed E-state index contributed by atoms with van der Waals surface area (Å²) in [4.78, 5) is 72.0. The van der Waals surface area contributed by atoms with Crippen LogP contribution in [0.25, 0.3) is 15.4 Å². The van der Waals surface area contributed by atoms with Crippen LogP contribution < -0.4 is 20.7 Å². The maximum atomic E-state index is 14.1. The molecule has 70 heavy (non-hydrogen) atoms. The van der Waals surface area contributed by atoms with Gasteiger partial charge >= 0.3 is 0 Å². The molecule has 0 saturated carbocycles. The molecule has 2 aromatic carbocycles. The number of aliphatic hydroxyl groups is 1. The van der Waals surface area contributed by atoms with Crippen LogP contribution in [0.15, 0.2) is 77.4 Å². The van der Waals surface area contributed by atoms with Crippen LogP contribution in [0.4, 0.5) is 0 Å². The van der Waals surface area contributed by atoms with Crippen molar-refractivity contribution < 1.29 is 29.0 Å². The van der Waals surface area contributed by atoms with E-state index in [2.05, 4.69) is 50.0 Å². The van der Waals surface area contributed by atoms with Crippen LogP contribution in [0.1, 0.15) is 96.1 Å². The molecule has 1 unspecified atom stereocenters. The summed E-state index contributed by atoms with van der Waals surface area (Å²) >= 11 is 9.47. The zero-order valence-electron chi connectivity index (χ0n) is 40.2. The van der Waals surface area contributed by atoms with Crippen LogP contribution in [0.3, 0.4) is 0 Å². The number of benzene rings is 2. The van der Waals surface area contributed by atoms with Crippen LogP contribution in [-0.2, 0) is 32.1 Å². The fourth-order valence-electron chi connectivity index (χ4n) is 8.64. The summed E-state index contributed by atoms with van der Waals surface area (Å²) in [6.07, 6.45) is 1.31. The molecule has 0 bridgehead atoms. The fourth-order valence-corrected chi connectivity index (χ4v) is 10.8. The second-order valence-electron chi connectivity index (χ2n) is 18.8. The van der Waals surface area contributed by atoms with Crippen molar-refractivity contribution in [2.45, 2.75) is 105 Å². The number of halogens is 1. The van der Waals surface area contributed by atoms with E-state index in [0.29, 0.717) is 29.0 Å². The fraction of sp³-hybridized carbons (Fsp3) is 0.392. The molecule has 6 aromatic rings. The standard InChI is InChI=1S/C51H57ClN10O6S2/c1-28-30(3)70-50-43(28)44(34-14-16-36(52)17-15-34)57-38(47-60-59-31(4)62(47)50)23-41(65)53-20-21-68-42-19-11-33(24-54-42)10-18-40(64)58-46(51(5,6)7)49(67)61-26-37(63)22-39(61)48(66)55-25-32-8-12-35(13-9-32)45-29(2)56-27-69-45/h8-9,11-17,19,24,27,37-39,46,63H,10,18,20-23,25-26H2,1-7H3,(H,53,65)(H,55,66)(H,58,64)/t37-,38+,39+,46?/m1/s1. The Hall–Kier alpha value is -6.34. The summed E-state index contributed by atoms with van der Waals surface area (Å²) in [7, 11) is 0.